The second-order valence-electron chi connectivity index (χ2n) is 11.2. The number of fused-ring (bicyclic) bond motifs is 1. The molecule has 0 spiro atoms. The SMILES string of the molecule is O=C(CC(c1ccccc1)(c1ccccc1)c1ccccc1)OCCn1cnc2c(N3CCCCC3)nc(-n3cnnn3)nc21. The molecule has 0 radical (unpaired) electrons. The molecule has 7 rings (SSSR count). The fourth-order valence-electron chi connectivity index (χ4n) is 6.26. The van der Waals surface area contributed by atoms with Crippen LogP contribution in [-0.4, -0.2) is 65.4 Å². The van der Waals surface area contributed by atoms with Crippen LogP contribution >= 0.6 is 0 Å². The lowest BCUT2D eigenvalue weighted by atomic mass is 9.67. The topological polar surface area (TPSA) is 117 Å². The zero-order valence-electron chi connectivity index (χ0n) is 24.8. The van der Waals surface area contributed by atoms with Crippen molar-refractivity contribution in [2.24, 2.45) is 0 Å². The maximum Gasteiger partial charge on any atom is 0.307 e. The highest BCUT2D eigenvalue weighted by atomic mass is 16.5. The number of imidazole rings is 1. The van der Waals surface area contributed by atoms with Crippen LogP contribution in [0.15, 0.2) is 104 Å². The Hall–Kier alpha value is -5.45. The number of carbonyl (C=O) groups is 1. The number of tetrazole rings is 1. The Labute approximate surface area is 260 Å². The van der Waals surface area contributed by atoms with E-state index in [9.17, 15) is 4.79 Å². The molecule has 1 fully saturated rings. The van der Waals surface area contributed by atoms with Gasteiger partial charge in [0.15, 0.2) is 17.0 Å². The van der Waals surface area contributed by atoms with Crippen molar-refractivity contribution in [3.05, 3.63) is 120 Å². The van der Waals surface area contributed by atoms with Crippen LogP contribution in [0.1, 0.15) is 42.4 Å². The van der Waals surface area contributed by atoms with Crippen LogP contribution in [0.5, 0.6) is 0 Å². The lowest BCUT2D eigenvalue weighted by molar-refractivity contribution is -0.144. The number of ether oxygens (including phenoxy) is 1. The molecule has 0 unspecified atom stereocenters. The molecule has 45 heavy (non-hydrogen) atoms. The monoisotopic (exact) mass is 599 g/mol. The average molecular weight is 600 g/mol. The van der Waals surface area contributed by atoms with Crippen LogP contribution in [0.2, 0.25) is 0 Å². The summed E-state index contributed by atoms with van der Waals surface area (Å²) in [6.45, 7) is 2.33. The van der Waals surface area contributed by atoms with E-state index in [4.69, 9.17) is 14.7 Å². The molecular formula is C34H33N9O2. The van der Waals surface area contributed by atoms with Gasteiger partial charge in [-0.25, -0.2) is 4.98 Å². The predicted octanol–water partition coefficient (Wildman–Crippen LogP) is 4.76. The first-order chi connectivity index (χ1) is 22.2. The van der Waals surface area contributed by atoms with Gasteiger partial charge in [-0.15, -0.1) is 5.10 Å². The van der Waals surface area contributed by atoms with Crippen LogP contribution in [-0.2, 0) is 21.5 Å². The van der Waals surface area contributed by atoms with Gasteiger partial charge in [-0.05, 0) is 46.4 Å². The lowest BCUT2D eigenvalue weighted by Crippen LogP contribution is -2.33. The number of benzene rings is 3. The largest absolute Gasteiger partial charge is 0.464 e. The quantitative estimate of drug-likeness (QED) is 0.162. The van der Waals surface area contributed by atoms with Crippen LogP contribution in [0.25, 0.3) is 17.1 Å². The molecule has 6 aromatic rings. The summed E-state index contributed by atoms with van der Waals surface area (Å²) < 4.78 is 9.29. The van der Waals surface area contributed by atoms with Crippen molar-refractivity contribution in [3.63, 3.8) is 0 Å². The number of hydrogen-bond acceptors (Lipinski definition) is 9. The summed E-state index contributed by atoms with van der Waals surface area (Å²) >= 11 is 0. The number of aromatic nitrogens is 8. The van der Waals surface area contributed by atoms with E-state index in [0.717, 1.165) is 48.4 Å². The fraction of sp³-hybridized carbons (Fsp3) is 0.265. The van der Waals surface area contributed by atoms with Gasteiger partial charge in [0, 0.05) is 13.1 Å². The number of esters is 1. The van der Waals surface area contributed by atoms with Crippen LogP contribution in [0.4, 0.5) is 5.82 Å². The van der Waals surface area contributed by atoms with E-state index in [1.54, 1.807) is 6.33 Å². The zero-order valence-corrected chi connectivity index (χ0v) is 24.8. The van der Waals surface area contributed by atoms with Crippen molar-refractivity contribution in [2.45, 2.75) is 37.6 Å². The van der Waals surface area contributed by atoms with E-state index in [2.05, 4.69) is 61.8 Å². The molecule has 0 aliphatic carbocycles. The highest BCUT2D eigenvalue weighted by Crippen LogP contribution is 2.42. The molecule has 11 nitrogen and oxygen atoms in total. The first-order valence-electron chi connectivity index (χ1n) is 15.3. The highest BCUT2D eigenvalue weighted by molar-refractivity contribution is 5.84. The van der Waals surface area contributed by atoms with Gasteiger partial charge in [-0.1, -0.05) is 91.0 Å². The molecule has 0 N–H and O–H groups in total. The third-order valence-corrected chi connectivity index (χ3v) is 8.45. The minimum atomic E-state index is -0.722. The fourth-order valence-corrected chi connectivity index (χ4v) is 6.26. The molecule has 11 heteroatoms. The second kappa shape index (κ2) is 12.7. The first kappa shape index (κ1) is 28.3. The average Bonchev–Trinajstić information content (AvgIpc) is 3.79. The third kappa shape index (κ3) is 5.64. The highest BCUT2D eigenvalue weighted by Gasteiger charge is 2.39. The second-order valence-corrected chi connectivity index (χ2v) is 11.2. The summed E-state index contributed by atoms with van der Waals surface area (Å²) in [5, 5.41) is 11.5. The van der Waals surface area contributed by atoms with Gasteiger partial charge in [0.2, 0.25) is 0 Å². The van der Waals surface area contributed by atoms with Crippen LogP contribution in [0, 0.1) is 0 Å². The predicted molar refractivity (Wildman–Crippen MR) is 169 cm³/mol. The summed E-state index contributed by atoms with van der Waals surface area (Å²) in [5.41, 5.74) is 3.70. The molecule has 4 heterocycles. The van der Waals surface area contributed by atoms with E-state index in [1.807, 2.05) is 59.2 Å². The van der Waals surface area contributed by atoms with Gasteiger partial charge < -0.3 is 14.2 Å². The Morgan fingerprint density at radius 3 is 1.98 bits per heavy atom. The van der Waals surface area contributed by atoms with Gasteiger partial charge in [-0.2, -0.15) is 14.6 Å². The van der Waals surface area contributed by atoms with Crippen molar-refractivity contribution in [1.29, 1.82) is 0 Å². The van der Waals surface area contributed by atoms with Gasteiger partial charge >= 0.3 is 5.97 Å². The molecule has 3 aromatic heterocycles. The molecule has 1 saturated heterocycles. The molecule has 0 amide bonds. The summed E-state index contributed by atoms with van der Waals surface area (Å²) in [5.74, 6) is 0.832. The lowest BCUT2D eigenvalue weighted by Gasteiger charge is -2.35. The van der Waals surface area contributed by atoms with Crippen molar-refractivity contribution in [3.8, 4) is 5.95 Å². The molecule has 1 aliphatic rings. The van der Waals surface area contributed by atoms with Gasteiger partial charge in [0.05, 0.1) is 24.7 Å². The summed E-state index contributed by atoms with van der Waals surface area (Å²) in [6.07, 6.45) is 6.73. The van der Waals surface area contributed by atoms with E-state index in [1.165, 1.54) is 17.4 Å². The van der Waals surface area contributed by atoms with E-state index < -0.39 is 5.41 Å². The normalized spacial score (nSPS) is 13.6. The minimum absolute atomic E-state index is 0.139. The van der Waals surface area contributed by atoms with Gasteiger partial charge in [-0.3, -0.25) is 4.79 Å². The first-order valence-corrected chi connectivity index (χ1v) is 15.3. The van der Waals surface area contributed by atoms with Crippen LogP contribution < -0.4 is 4.90 Å². The summed E-state index contributed by atoms with van der Waals surface area (Å²) in [4.78, 5) is 30.2. The van der Waals surface area contributed by atoms with E-state index in [0.29, 0.717) is 23.7 Å². The Morgan fingerprint density at radius 1 is 0.778 bits per heavy atom. The minimum Gasteiger partial charge on any atom is -0.464 e. The summed E-state index contributed by atoms with van der Waals surface area (Å²) in [6, 6.07) is 30.5. The molecular weight excluding hydrogens is 566 g/mol. The Balaban J connectivity index is 1.16. The smallest absolute Gasteiger partial charge is 0.307 e. The molecule has 1 aliphatic heterocycles. The van der Waals surface area contributed by atoms with Crippen LogP contribution in [0.3, 0.4) is 0 Å². The van der Waals surface area contributed by atoms with Gasteiger partial charge in [0.25, 0.3) is 5.95 Å². The molecule has 0 atom stereocenters. The number of anilines is 1. The van der Waals surface area contributed by atoms with Crippen molar-refractivity contribution < 1.29 is 9.53 Å². The standard InChI is InChI=1S/C34H33N9O2/c44-29(23-34(26-13-5-1-6-14-26,27-15-7-2-8-16-27)28-17-9-3-10-18-28)45-22-21-42-24-35-30-31(41-19-11-4-12-20-41)37-33(38-32(30)42)43-25-36-39-40-43/h1-3,5-10,13-18,24-25H,4,11-12,19-23H2. The Bertz CT molecular complexity index is 1760. The number of nitrogens with zero attached hydrogens (tertiary/aromatic N) is 9. The van der Waals surface area contributed by atoms with E-state index in [-0.39, 0.29) is 19.0 Å². The number of piperidine rings is 1. The molecule has 0 saturated carbocycles. The van der Waals surface area contributed by atoms with Crippen molar-refractivity contribution >= 4 is 23.0 Å². The van der Waals surface area contributed by atoms with Crippen molar-refractivity contribution in [1.82, 2.24) is 39.7 Å². The third-order valence-electron chi connectivity index (χ3n) is 8.45. The zero-order chi connectivity index (χ0) is 30.5. The van der Waals surface area contributed by atoms with Gasteiger partial charge in [0.1, 0.15) is 12.9 Å². The maximum absolute atomic E-state index is 13.7. The Morgan fingerprint density at radius 2 is 1.40 bits per heavy atom. The number of hydrogen-bond donors (Lipinski definition) is 0. The van der Waals surface area contributed by atoms with E-state index >= 15 is 0 Å². The number of rotatable bonds is 10. The molecule has 3 aromatic carbocycles. The molecule has 226 valence electrons. The summed E-state index contributed by atoms with van der Waals surface area (Å²) in [7, 11) is 0. The molecule has 0 bridgehead atoms. The maximum atomic E-state index is 13.7. The number of carbonyl (C=O) groups excluding carboxylic acids is 1. The van der Waals surface area contributed by atoms with Crippen molar-refractivity contribution in [2.75, 3.05) is 24.6 Å². The Kier molecular flexibility index (Phi) is 7.96.